The number of carbonyl (C=O) groups is 1. The van der Waals surface area contributed by atoms with E-state index >= 15 is 8.78 Å². The maximum absolute atomic E-state index is 18.3. The second-order valence-corrected chi connectivity index (χ2v) is 21.3. The van der Waals surface area contributed by atoms with E-state index in [0.717, 1.165) is 65.0 Å². The highest BCUT2D eigenvalue weighted by atomic mass is 19.1. The number of nitrogens with zero attached hydrogens (tertiary/aromatic N) is 8. The largest absolute Gasteiger partial charge is 0.497 e. The molecule has 6 atom stereocenters. The number of carbonyl (C=O) groups excluding carboxylic acids is 1. The summed E-state index contributed by atoms with van der Waals surface area (Å²) in [6, 6.07) is 17.1. The van der Waals surface area contributed by atoms with Gasteiger partial charge in [0.05, 0.1) is 43.6 Å². The number of ether oxygens (including phenoxy) is 5. The molecule has 2 aromatic carbocycles. The van der Waals surface area contributed by atoms with Crippen molar-refractivity contribution < 1.29 is 37.3 Å². The quantitative estimate of drug-likeness (QED) is 0.110. The lowest BCUT2D eigenvalue weighted by atomic mass is 9.93. The molecule has 5 fully saturated rings. The Hall–Kier alpha value is -6.29. The van der Waals surface area contributed by atoms with Crippen LogP contribution in [0.1, 0.15) is 94.4 Å². The highest BCUT2D eigenvalue weighted by Gasteiger charge is 2.55. The molecule has 0 N–H and O–H groups in total. The average Bonchev–Trinajstić information content (AvgIpc) is 3.99. The van der Waals surface area contributed by atoms with E-state index in [1.807, 2.05) is 81.1 Å². The van der Waals surface area contributed by atoms with E-state index in [1.54, 1.807) is 14.2 Å². The lowest BCUT2D eigenvalue weighted by Crippen LogP contribution is -2.65. The van der Waals surface area contributed by atoms with E-state index in [1.165, 1.54) is 0 Å². The molecule has 4 saturated heterocycles. The fourth-order valence-electron chi connectivity index (χ4n) is 11.9. The SMILES string of the molecule is C=C1CN2C[C@H](F)CC2(COc2nc3c4c(nc(-c5nc(N(Cc6ccc(OC)cc6)Cc6ccc(OC)cc6)cc(C)c5C5CC5)c(F)c4n2)O[C@@H](C)[C@@H]2[C@@H]4CC[C@H](CN32)N4C(=O)OC(C)(C)C)C1. The van der Waals surface area contributed by atoms with Crippen molar-refractivity contribution in [3.8, 4) is 34.8 Å². The Balaban J connectivity index is 1.05. The Morgan fingerprint density at radius 1 is 0.929 bits per heavy atom. The zero-order valence-corrected chi connectivity index (χ0v) is 41.1. The van der Waals surface area contributed by atoms with E-state index in [-0.39, 0.29) is 53.8 Å². The van der Waals surface area contributed by atoms with Crippen LogP contribution in [0.2, 0.25) is 0 Å². The van der Waals surface area contributed by atoms with Gasteiger partial charge in [0.2, 0.25) is 5.88 Å². The predicted octanol–water partition coefficient (Wildman–Crippen LogP) is 9.49. The monoisotopic (exact) mass is 956 g/mol. The van der Waals surface area contributed by atoms with Gasteiger partial charge in [0.15, 0.2) is 5.82 Å². The summed E-state index contributed by atoms with van der Waals surface area (Å²) >= 11 is 0. The van der Waals surface area contributed by atoms with Gasteiger partial charge >= 0.3 is 12.1 Å². The molecule has 14 nitrogen and oxygen atoms in total. The molecule has 8 heterocycles. The summed E-state index contributed by atoms with van der Waals surface area (Å²) in [7, 11) is 3.30. The summed E-state index contributed by atoms with van der Waals surface area (Å²) < 4.78 is 63.8. The number of hydrogen-bond acceptors (Lipinski definition) is 13. The molecule has 0 radical (unpaired) electrons. The molecule has 1 unspecified atom stereocenters. The smallest absolute Gasteiger partial charge is 0.410 e. The van der Waals surface area contributed by atoms with Gasteiger partial charge in [-0.1, -0.05) is 36.4 Å². The molecule has 11 rings (SSSR count). The number of rotatable bonds is 12. The number of aromatic nitrogens is 4. The van der Waals surface area contributed by atoms with Crippen LogP contribution in [0, 0.1) is 12.7 Å². The first-order chi connectivity index (χ1) is 33.6. The van der Waals surface area contributed by atoms with Crippen molar-refractivity contribution in [2.45, 2.75) is 134 Å². The molecule has 1 amide bonds. The van der Waals surface area contributed by atoms with Crippen molar-refractivity contribution >= 4 is 28.6 Å². The highest BCUT2D eigenvalue weighted by molar-refractivity contribution is 5.97. The second kappa shape index (κ2) is 17.5. The summed E-state index contributed by atoms with van der Waals surface area (Å²) in [6.07, 6.45) is 2.32. The first kappa shape index (κ1) is 46.1. The number of halogens is 2. The Kier molecular flexibility index (Phi) is 11.5. The molecule has 3 aromatic heterocycles. The van der Waals surface area contributed by atoms with E-state index in [0.29, 0.717) is 68.3 Å². The minimum absolute atomic E-state index is 0.00493. The fraction of sp³-hybridized carbons (Fsp3) is 0.500. The van der Waals surface area contributed by atoms with Gasteiger partial charge in [-0.25, -0.2) is 23.5 Å². The Morgan fingerprint density at radius 2 is 1.61 bits per heavy atom. The van der Waals surface area contributed by atoms with Crippen LogP contribution in [0.5, 0.6) is 23.4 Å². The van der Waals surface area contributed by atoms with Gasteiger partial charge in [-0.15, -0.1) is 0 Å². The third kappa shape index (κ3) is 8.38. The molecule has 2 bridgehead atoms. The predicted molar refractivity (Wildman–Crippen MR) is 262 cm³/mol. The number of methoxy groups -OCH3 is 2. The zero-order valence-electron chi connectivity index (χ0n) is 41.1. The lowest BCUT2D eigenvalue weighted by Gasteiger charge is -2.48. The van der Waals surface area contributed by atoms with Crippen LogP contribution in [-0.2, 0) is 17.8 Å². The van der Waals surface area contributed by atoms with E-state index in [9.17, 15) is 4.79 Å². The minimum Gasteiger partial charge on any atom is -0.497 e. The summed E-state index contributed by atoms with van der Waals surface area (Å²) in [5.74, 6) is 2.27. The molecule has 1 aliphatic carbocycles. The van der Waals surface area contributed by atoms with Gasteiger partial charge in [0.25, 0.3) is 0 Å². The zero-order chi connectivity index (χ0) is 48.8. The lowest BCUT2D eigenvalue weighted by molar-refractivity contribution is 0.000931. The van der Waals surface area contributed by atoms with E-state index in [2.05, 4.69) is 34.3 Å². The van der Waals surface area contributed by atoms with Crippen LogP contribution in [0.15, 0.2) is 66.7 Å². The van der Waals surface area contributed by atoms with E-state index < -0.39 is 35.3 Å². The fourth-order valence-corrected chi connectivity index (χ4v) is 11.9. The average molecular weight is 957 g/mol. The second-order valence-electron chi connectivity index (χ2n) is 21.3. The van der Waals surface area contributed by atoms with Crippen molar-refractivity contribution in [3.05, 3.63) is 94.8 Å². The topological polar surface area (TPSA) is 128 Å². The van der Waals surface area contributed by atoms with Gasteiger partial charge in [-0.05, 0) is 125 Å². The number of fused-ring (bicyclic) bond motifs is 6. The van der Waals surface area contributed by atoms with Crippen molar-refractivity contribution in [1.82, 2.24) is 29.7 Å². The van der Waals surface area contributed by atoms with Crippen molar-refractivity contribution in [1.29, 1.82) is 0 Å². The van der Waals surface area contributed by atoms with Gasteiger partial charge in [-0.2, -0.15) is 9.97 Å². The van der Waals surface area contributed by atoms with Crippen LogP contribution in [0.25, 0.3) is 22.3 Å². The highest BCUT2D eigenvalue weighted by Crippen LogP contribution is 2.50. The summed E-state index contributed by atoms with van der Waals surface area (Å²) in [4.78, 5) is 42.8. The van der Waals surface area contributed by atoms with Crippen LogP contribution in [0.4, 0.5) is 25.2 Å². The molecular weight excluding hydrogens is 895 g/mol. The third-order valence-corrected chi connectivity index (χ3v) is 15.1. The maximum atomic E-state index is 18.3. The molecule has 16 heteroatoms. The van der Waals surface area contributed by atoms with Crippen LogP contribution >= 0.6 is 0 Å². The Bertz CT molecular complexity index is 2810. The molecule has 368 valence electrons. The summed E-state index contributed by atoms with van der Waals surface area (Å²) in [6.45, 7) is 16.3. The molecular formula is C54H62F2N8O6. The number of benzene rings is 2. The van der Waals surface area contributed by atoms with Gasteiger partial charge in [-0.3, -0.25) is 9.80 Å². The first-order valence-electron chi connectivity index (χ1n) is 24.7. The van der Waals surface area contributed by atoms with Crippen molar-refractivity contribution in [3.63, 3.8) is 0 Å². The number of alkyl halides is 1. The number of aryl methyl sites for hydroxylation is 1. The van der Waals surface area contributed by atoms with Crippen LogP contribution in [-0.4, -0.2) is 118 Å². The number of hydrogen-bond donors (Lipinski definition) is 0. The molecule has 6 aliphatic rings. The van der Waals surface area contributed by atoms with Crippen molar-refractivity contribution in [2.75, 3.05) is 50.3 Å². The molecule has 5 aromatic rings. The number of piperazine rings is 1. The van der Waals surface area contributed by atoms with Crippen LogP contribution < -0.4 is 28.7 Å². The number of anilines is 2. The third-order valence-electron chi connectivity index (χ3n) is 15.1. The van der Waals surface area contributed by atoms with Crippen LogP contribution in [0.3, 0.4) is 0 Å². The molecule has 0 spiro atoms. The van der Waals surface area contributed by atoms with Crippen molar-refractivity contribution in [2.24, 2.45) is 0 Å². The van der Waals surface area contributed by atoms with E-state index in [4.69, 9.17) is 43.6 Å². The van der Waals surface area contributed by atoms with Gasteiger partial charge in [0.1, 0.15) is 64.2 Å². The first-order valence-corrected chi connectivity index (χ1v) is 24.7. The van der Waals surface area contributed by atoms with Gasteiger partial charge in [0, 0.05) is 39.1 Å². The number of amides is 1. The minimum atomic E-state index is -1.00. The normalized spacial score (nSPS) is 24.8. The summed E-state index contributed by atoms with van der Waals surface area (Å²) in [5.41, 5.74) is 4.16. The molecule has 70 heavy (non-hydrogen) atoms. The van der Waals surface area contributed by atoms with Gasteiger partial charge < -0.3 is 33.5 Å². The Morgan fingerprint density at radius 3 is 2.26 bits per heavy atom. The summed E-state index contributed by atoms with van der Waals surface area (Å²) in [5, 5.41) is 0.327. The Labute approximate surface area is 407 Å². The standard InChI is InChI=1S/C54H62F2N8O6/c1-30-22-54(23-36(55)27-62(54)24-30)29-68-51-59-45-43-49(60-51)63-28-37-15-20-40(64(37)52(65)70-53(4,5)6)48(63)32(3)69-50(43)58-47(44(45)56)46-42(35-13-14-35)31(2)21-41(57-46)61(25-33-9-16-38(66-7)17-10-33)26-34-11-18-39(67-8)19-12-34/h9-12,16-19,21,32,35-37,40,48H,1,13-15,20,22-29H2,2-8H3/t32-,36+,37+,40-,48+,54?/m0/s1. The molecule has 5 aliphatic heterocycles. The molecule has 1 saturated carbocycles. The maximum Gasteiger partial charge on any atom is 0.410 e. The number of pyridine rings is 2.